The topological polar surface area (TPSA) is 84.3 Å². The first-order valence-corrected chi connectivity index (χ1v) is 9.25. The minimum absolute atomic E-state index is 0.0375. The van der Waals surface area contributed by atoms with Gasteiger partial charge < -0.3 is 4.90 Å². The minimum atomic E-state index is -3.17. The quantitative estimate of drug-likeness (QED) is 0.821. The third kappa shape index (κ3) is 3.83. The largest absolute Gasteiger partial charge is 0.369 e. The van der Waals surface area contributed by atoms with Crippen molar-refractivity contribution < 1.29 is 8.42 Å². The van der Waals surface area contributed by atoms with Gasteiger partial charge in [0.1, 0.15) is 4.47 Å². The molecule has 118 valence electrons. The van der Waals surface area contributed by atoms with E-state index in [1.165, 1.54) is 4.68 Å². The summed E-state index contributed by atoms with van der Waals surface area (Å²) in [4.78, 5) is 13.9. The third-order valence-corrected chi connectivity index (χ3v) is 5.82. The zero-order valence-corrected chi connectivity index (χ0v) is 14.4. The fourth-order valence-corrected chi connectivity index (χ4v) is 3.82. The monoisotopic (exact) mass is 378 g/mol. The molecule has 2 rings (SSSR count). The fraction of sp³-hybridized carbons (Fsp3) is 0.667. The summed E-state index contributed by atoms with van der Waals surface area (Å²) in [6.45, 7) is 2.99. The summed E-state index contributed by atoms with van der Waals surface area (Å²) in [6, 6.07) is -0.0375. The molecule has 0 aliphatic carbocycles. The Labute approximate surface area is 132 Å². The predicted molar refractivity (Wildman–Crippen MR) is 85.0 cm³/mol. The number of piperidine rings is 1. The molecular formula is C12H19BrN4O3S. The van der Waals surface area contributed by atoms with E-state index >= 15 is 0 Å². The molecule has 21 heavy (non-hydrogen) atoms. The summed E-state index contributed by atoms with van der Waals surface area (Å²) < 4.78 is 27.6. The minimum Gasteiger partial charge on any atom is -0.369 e. The van der Waals surface area contributed by atoms with Gasteiger partial charge in [-0.3, -0.25) is 4.79 Å². The average molecular weight is 379 g/mol. The van der Waals surface area contributed by atoms with Crippen LogP contribution in [0.25, 0.3) is 0 Å². The van der Waals surface area contributed by atoms with Crippen molar-refractivity contribution in [3.63, 3.8) is 0 Å². The van der Waals surface area contributed by atoms with E-state index in [-0.39, 0.29) is 17.4 Å². The number of hydrogen-bond acceptors (Lipinski definition) is 5. The van der Waals surface area contributed by atoms with E-state index in [9.17, 15) is 13.2 Å². The van der Waals surface area contributed by atoms with Gasteiger partial charge >= 0.3 is 0 Å². The Morgan fingerprint density at radius 2 is 2.05 bits per heavy atom. The highest BCUT2D eigenvalue weighted by Crippen LogP contribution is 2.25. The smallest absolute Gasteiger partial charge is 0.282 e. The predicted octanol–water partition coefficient (Wildman–Crippen LogP) is 0.451. The number of rotatable bonds is 4. The third-order valence-electron chi connectivity index (χ3n) is 3.62. The fourth-order valence-electron chi connectivity index (χ4n) is 2.30. The SMILES string of the molecule is CCS(=O)(=O)NC1CCN(c2cnn(C)c(=O)c2Br)CC1. The molecule has 0 aromatic carbocycles. The Morgan fingerprint density at radius 1 is 1.43 bits per heavy atom. The van der Waals surface area contributed by atoms with Gasteiger partial charge in [-0.1, -0.05) is 0 Å². The highest BCUT2D eigenvalue weighted by Gasteiger charge is 2.24. The van der Waals surface area contributed by atoms with E-state index in [0.29, 0.717) is 30.4 Å². The van der Waals surface area contributed by atoms with Crippen molar-refractivity contribution in [2.24, 2.45) is 7.05 Å². The molecule has 0 atom stereocenters. The highest BCUT2D eigenvalue weighted by atomic mass is 79.9. The van der Waals surface area contributed by atoms with Gasteiger partial charge in [0.25, 0.3) is 5.56 Å². The van der Waals surface area contributed by atoms with Crippen LogP contribution in [-0.4, -0.2) is 43.1 Å². The standard InChI is InChI=1S/C12H19BrN4O3S/c1-3-21(19,20)15-9-4-6-17(7-5-9)10-8-14-16(2)12(18)11(10)13/h8-9,15H,3-7H2,1-2H3. The van der Waals surface area contributed by atoms with Crippen LogP contribution in [0.1, 0.15) is 19.8 Å². The first-order valence-electron chi connectivity index (χ1n) is 6.81. The molecule has 9 heteroatoms. The van der Waals surface area contributed by atoms with Crippen LogP contribution >= 0.6 is 15.9 Å². The molecule has 1 fully saturated rings. The zero-order valence-electron chi connectivity index (χ0n) is 12.0. The molecule has 0 spiro atoms. The maximum atomic E-state index is 11.9. The molecule has 1 saturated heterocycles. The highest BCUT2D eigenvalue weighted by molar-refractivity contribution is 9.10. The van der Waals surface area contributed by atoms with Gasteiger partial charge in [0.2, 0.25) is 10.0 Å². The van der Waals surface area contributed by atoms with Gasteiger partial charge in [-0.2, -0.15) is 5.10 Å². The average Bonchev–Trinajstić information content (AvgIpc) is 2.46. The Kier molecular flexibility index (Phi) is 5.05. The second-order valence-electron chi connectivity index (χ2n) is 5.06. The van der Waals surface area contributed by atoms with Crippen molar-refractivity contribution in [2.75, 3.05) is 23.7 Å². The summed E-state index contributed by atoms with van der Waals surface area (Å²) >= 11 is 3.32. The summed E-state index contributed by atoms with van der Waals surface area (Å²) in [5.74, 6) is 0.0947. The van der Waals surface area contributed by atoms with Crippen molar-refractivity contribution in [3.8, 4) is 0 Å². The zero-order chi connectivity index (χ0) is 15.6. The number of sulfonamides is 1. The number of anilines is 1. The van der Waals surface area contributed by atoms with Crippen LogP contribution in [0, 0.1) is 0 Å². The maximum Gasteiger partial charge on any atom is 0.282 e. The lowest BCUT2D eigenvalue weighted by atomic mass is 10.1. The lowest BCUT2D eigenvalue weighted by Crippen LogP contribution is -2.45. The summed E-state index contributed by atoms with van der Waals surface area (Å²) in [6.07, 6.45) is 3.07. The first-order chi connectivity index (χ1) is 9.84. The lowest BCUT2D eigenvalue weighted by molar-refractivity contribution is 0.459. The molecule has 2 heterocycles. The van der Waals surface area contributed by atoms with Crippen LogP contribution in [0.3, 0.4) is 0 Å². The van der Waals surface area contributed by atoms with E-state index in [0.717, 1.165) is 5.69 Å². The molecule has 1 aromatic heterocycles. The Balaban J connectivity index is 2.05. The van der Waals surface area contributed by atoms with Crippen LogP contribution in [0.2, 0.25) is 0 Å². The van der Waals surface area contributed by atoms with E-state index in [4.69, 9.17) is 0 Å². The van der Waals surface area contributed by atoms with Crippen LogP contribution < -0.4 is 15.2 Å². The van der Waals surface area contributed by atoms with Gasteiger partial charge in [-0.25, -0.2) is 17.8 Å². The number of aryl methyl sites for hydroxylation is 1. The van der Waals surface area contributed by atoms with E-state index in [1.807, 2.05) is 0 Å². The molecule has 1 N–H and O–H groups in total. The molecule has 7 nitrogen and oxygen atoms in total. The normalized spacial score (nSPS) is 17.2. The van der Waals surface area contributed by atoms with Crippen LogP contribution in [-0.2, 0) is 17.1 Å². The van der Waals surface area contributed by atoms with Gasteiger partial charge in [-0.15, -0.1) is 0 Å². The van der Waals surface area contributed by atoms with Gasteiger partial charge in [0.05, 0.1) is 17.6 Å². The lowest BCUT2D eigenvalue weighted by Gasteiger charge is -2.33. The molecule has 1 aliphatic heterocycles. The summed E-state index contributed by atoms with van der Waals surface area (Å²) in [5.41, 5.74) is 0.580. The molecule has 0 bridgehead atoms. The summed E-state index contributed by atoms with van der Waals surface area (Å²) in [5, 5.41) is 4.03. The number of halogens is 1. The van der Waals surface area contributed by atoms with Crippen molar-refractivity contribution >= 4 is 31.6 Å². The van der Waals surface area contributed by atoms with Gasteiger partial charge in [0, 0.05) is 26.2 Å². The molecule has 1 aromatic rings. The van der Waals surface area contributed by atoms with Gasteiger partial charge in [0.15, 0.2) is 0 Å². The molecule has 0 radical (unpaired) electrons. The van der Waals surface area contributed by atoms with Crippen molar-refractivity contribution in [3.05, 3.63) is 21.0 Å². The van der Waals surface area contributed by atoms with E-state index in [1.54, 1.807) is 20.2 Å². The number of hydrogen-bond donors (Lipinski definition) is 1. The molecule has 0 saturated carbocycles. The Hall–Kier alpha value is -0.930. The number of nitrogens with one attached hydrogen (secondary N) is 1. The first kappa shape index (κ1) is 16.4. The molecule has 0 unspecified atom stereocenters. The van der Waals surface area contributed by atoms with E-state index in [2.05, 4.69) is 30.7 Å². The van der Waals surface area contributed by atoms with Gasteiger partial charge in [-0.05, 0) is 35.7 Å². The number of nitrogens with zero attached hydrogens (tertiary/aromatic N) is 3. The van der Waals surface area contributed by atoms with E-state index < -0.39 is 10.0 Å². The van der Waals surface area contributed by atoms with Crippen molar-refractivity contribution in [1.29, 1.82) is 0 Å². The molecular weight excluding hydrogens is 360 g/mol. The van der Waals surface area contributed by atoms with Crippen LogP contribution in [0.5, 0.6) is 0 Å². The van der Waals surface area contributed by atoms with Crippen molar-refractivity contribution in [1.82, 2.24) is 14.5 Å². The Bertz CT molecular complexity index is 666. The maximum absolute atomic E-state index is 11.9. The van der Waals surface area contributed by atoms with Crippen LogP contribution in [0.4, 0.5) is 5.69 Å². The number of aromatic nitrogens is 2. The summed E-state index contributed by atoms with van der Waals surface area (Å²) in [7, 11) is -1.57. The molecule has 1 aliphatic rings. The Morgan fingerprint density at radius 3 is 2.62 bits per heavy atom. The van der Waals surface area contributed by atoms with Crippen molar-refractivity contribution in [2.45, 2.75) is 25.8 Å². The second kappa shape index (κ2) is 6.45. The second-order valence-corrected chi connectivity index (χ2v) is 7.89. The van der Waals surface area contributed by atoms with Crippen LogP contribution in [0.15, 0.2) is 15.5 Å². The molecule has 0 amide bonds.